The van der Waals surface area contributed by atoms with Crippen LogP contribution in [0.5, 0.6) is 5.75 Å². The summed E-state index contributed by atoms with van der Waals surface area (Å²) in [5.74, 6) is -0.567. The molecule has 0 saturated carbocycles. The Morgan fingerprint density at radius 2 is 2.08 bits per heavy atom. The van der Waals surface area contributed by atoms with E-state index in [4.69, 9.17) is 14.0 Å². The van der Waals surface area contributed by atoms with E-state index in [2.05, 4.69) is 10.5 Å². The Morgan fingerprint density at radius 3 is 2.65 bits per heavy atom. The van der Waals surface area contributed by atoms with Crippen LogP contribution in [0.4, 0.5) is 11.4 Å². The standard InChI is InChI=1S/C16H17N3O7/c1-9-12(10(2)26-18-9)7-16(21)25-8-15(20)17-13-5-4-11(24-3)6-14(13)19(22)23/h4-6H,7-8H2,1-3H3,(H,17,20). The molecule has 138 valence electrons. The highest BCUT2D eigenvalue weighted by atomic mass is 16.6. The molecular formula is C16H17N3O7. The molecule has 0 bridgehead atoms. The molecule has 0 aliphatic rings. The van der Waals surface area contributed by atoms with E-state index in [1.54, 1.807) is 13.8 Å². The van der Waals surface area contributed by atoms with Crippen LogP contribution in [-0.2, 0) is 20.7 Å². The first-order chi connectivity index (χ1) is 12.3. The molecule has 1 aromatic carbocycles. The summed E-state index contributed by atoms with van der Waals surface area (Å²) >= 11 is 0. The number of nitrogens with one attached hydrogen (secondary N) is 1. The van der Waals surface area contributed by atoms with Crippen molar-refractivity contribution in [3.05, 3.63) is 45.3 Å². The van der Waals surface area contributed by atoms with Crippen molar-refractivity contribution in [2.24, 2.45) is 0 Å². The molecule has 0 radical (unpaired) electrons. The van der Waals surface area contributed by atoms with Gasteiger partial charge in [-0.25, -0.2) is 0 Å². The minimum absolute atomic E-state index is 0.0254. The third-order valence-electron chi connectivity index (χ3n) is 3.54. The highest BCUT2D eigenvalue weighted by Gasteiger charge is 2.19. The number of esters is 1. The highest BCUT2D eigenvalue weighted by molar-refractivity contribution is 5.95. The van der Waals surface area contributed by atoms with E-state index in [0.717, 1.165) is 0 Å². The summed E-state index contributed by atoms with van der Waals surface area (Å²) in [5, 5.41) is 17.1. The van der Waals surface area contributed by atoms with Gasteiger partial charge in [-0.2, -0.15) is 0 Å². The number of hydrogen-bond acceptors (Lipinski definition) is 8. The summed E-state index contributed by atoms with van der Waals surface area (Å²) in [6.45, 7) is 2.78. The lowest BCUT2D eigenvalue weighted by Gasteiger charge is -2.08. The Morgan fingerprint density at radius 1 is 1.35 bits per heavy atom. The lowest BCUT2D eigenvalue weighted by Crippen LogP contribution is -2.22. The molecule has 10 nitrogen and oxygen atoms in total. The smallest absolute Gasteiger partial charge is 0.310 e. The SMILES string of the molecule is COc1ccc(NC(=O)COC(=O)Cc2c(C)noc2C)c([N+](=O)[O-])c1. The first-order valence-electron chi connectivity index (χ1n) is 7.51. The number of rotatable bonds is 7. The number of carbonyl (C=O) groups is 2. The molecule has 26 heavy (non-hydrogen) atoms. The zero-order valence-corrected chi connectivity index (χ0v) is 14.4. The largest absolute Gasteiger partial charge is 0.496 e. The van der Waals surface area contributed by atoms with Crippen molar-refractivity contribution in [3.63, 3.8) is 0 Å². The molecule has 2 rings (SSSR count). The fraction of sp³-hybridized carbons (Fsp3) is 0.312. The van der Waals surface area contributed by atoms with Gasteiger partial charge >= 0.3 is 5.97 Å². The molecule has 0 aliphatic carbocycles. The molecule has 1 aromatic heterocycles. The minimum Gasteiger partial charge on any atom is -0.496 e. The zero-order chi connectivity index (χ0) is 19.3. The molecule has 1 N–H and O–H groups in total. The van der Waals surface area contributed by atoms with Crippen molar-refractivity contribution >= 4 is 23.3 Å². The van der Waals surface area contributed by atoms with Crippen molar-refractivity contribution in [3.8, 4) is 5.75 Å². The van der Waals surface area contributed by atoms with Gasteiger partial charge in [-0.3, -0.25) is 19.7 Å². The Bertz CT molecular complexity index is 825. The summed E-state index contributed by atoms with van der Waals surface area (Å²) in [5.41, 5.74) is 0.807. The van der Waals surface area contributed by atoms with Gasteiger partial charge in [0.05, 0.1) is 30.2 Å². The number of nitrogens with zero attached hydrogens (tertiary/aromatic N) is 2. The topological polar surface area (TPSA) is 134 Å². The number of anilines is 1. The first kappa shape index (κ1) is 18.9. The Balaban J connectivity index is 1.95. The van der Waals surface area contributed by atoms with E-state index in [1.807, 2.05) is 0 Å². The van der Waals surface area contributed by atoms with Gasteiger partial charge in [0.25, 0.3) is 11.6 Å². The van der Waals surface area contributed by atoms with Crippen LogP contribution in [0.3, 0.4) is 0 Å². The number of nitro groups is 1. The first-order valence-corrected chi connectivity index (χ1v) is 7.51. The van der Waals surface area contributed by atoms with Crippen LogP contribution < -0.4 is 10.1 Å². The molecule has 2 aromatic rings. The van der Waals surface area contributed by atoms with E-state index in [9.17, 15) is 19.7 Å². The van der Waals surface area contributed by atoms with E-state index in [-0.39, 0.29) is 23.5 Å². The van der Waals surface area contributed by atoms with Crippen LogP contribution in [0, 0.1) is 24.0 Å². The monoisotopic (exact) mass is 363 g/mol. The van der Waals surface area contributed by atoms with E-state index < -0.39 is 23.4 Å². The quantitative estimate of drug-likeness (QED) is 0.448. The average molecular weight is 363 g/mol. The van der Waals surface area contributed by atoms with Gasteiger partial charge in [-0.05, 0) is 26.0 Å². The zero-order valence-electron chi connectivity index (χ0n) is 14.4. The lowest BCUT2D eigenvalue weighted by molar-refractivity contribution is -0.384. The maximum atomic E-state index is 11.9. The molecule has 1 heterocycles. The van der Waals surface area contributed by atoms with Crippen LogP contribution in [-0.4, -0.2) is 35.7 Å². The number of hydrogen-bond donors (Lipinski definition) is 1. The molecule has 0 saturated heterocycles. The number of carbonyl (C=O) groups excluding carboxylic acids is 2. The Labute approximate surface area is 148 Å². The number of ether oxygens (including phenoxy) is 2. The summed E-state index contributed by atoms with van der Waals surface area (Å²) < 4.78 is 14.7. The molecule has 0 unspecified atom stereocenters. The number of nitro benzene ring substituents is 1. The predicted molar refractivity (Wildman–Crippen MR) is 88.9 cm³/mol. The second-order valence-electron chi connectivity index (χ2n) is 5.33. The summed E-state index contributed by atoms with van der Waals surface area (Å²) in [6, 6.07) is 3.98. The van der Waals surface area contributed by atoms with Crippen molar-refractivity contribution in [1.82, 2.24) is 5.16 Å². The highest BCUT2D eigenvalue weighted by Crippen LogP contribution is 2.28. The van der Waals surface area contributed by atoms with Crippen molar-refractivity contribution in [2.75, 3.05) is 19.0 Å². The molecule has 0 atom stereocenters. The summed E-state index contributed by atoms with van der Waals surface area (Å²) in [4.78, 5) is 34.2. The van der Waals surface area contributed by atoms with E-state index in [1.165, 1.54) is 25.3 Å². The van der Waals surface area contributed by atoms with Gasteiger partial charge in [0, 0.05) is 5.56 Å². The maximum absolute atomic E-state index is 11.9. The fourth-order valence-corrected chi connectivity index (χ4v) is 2.18. The number of amides is 1. The van der Waals surface area contributed by atoms with E-state index >= 15 is 0 Å². The molecule has 0 spiro atoms. The molecule has 10 heteroatoms. The van der Waals surface area contributed by atoms with Gasteiger partial charge in [0.2, 0.25) is 0 Å². The van der Waals surface area contributed by atoms with Crippen molar-refractivity contribution < 1.29 is 28.5 Å². The minimum atomic E-state index is -0.703. The van der Waals surface area contributed by atoms with Crippen LogP contribution in [0.25, 0.3) is 0 Å². The molecule has 0 fully saturated rings. The van der Waals surface area contributed by atoms with Gasteiger partial charge in [0.1, 0.15) is 17.2 Å². The second-order valence-corrected chi connectivity index (χ2v) is 5.33. The number of benzene rings is 1. The average Bonchev–Trinajstić information content (AvgIpc) is 2.92. The van der Waals surface area contributed by atoms with E-state index in [0.29, 0.717) is 17.0 Å². The van der Waals surface area contributed by atoms with Gasteiger partial charge in [-0.1, -0.05) is 5.16 Å². The predicted octanol–water partition coefficient (Wildman–Crippen LogP) is 1.93. The number of methoxy groups -OCH3 is 1. The lowest BCUT2D eigenvalue weighted by atomic mass is 10.1. The van der Waals surface area contributed by atoms with Gasteiger partial charge < -0.3 is 19.3 Å². The molecular weight excluding hydrogens is 346 g/mol. The Kier molecular flexibility index (Phi) is 5.89. The third-order valence-corrected chi connectivity index (χ3v) is 3.54. The second kappa shape index (κ2) is 8.10. The number of aryl methyl sites for hydroxylation is 2. The van der Waals surface area contributed by atoms with Gasteiger partial charge in [0.15, 0.2) is 6.61 Å². The van der Waals surface area contributed by atoms with Crippen LogP contribution in [0.15, 0.2) is 22.7 Å². The summed E-state index contributed by atoms with van der Waals surface area (Å²) in [7, 11) is 1.37. The molecule has 1 amide bonds. The normalized spacial score (nSPS) is 10.3. The van der Waals surface area contributed by atoms with Crippen LogP contribution in [0.1, 0.15) is 17.0 Å². The third kappa shape index (κ3) is 4.56. The maximum Gasteiger partial charge on any atom is 0.310 e. The number of aromatic nitrogens is 1. The van der Waals surface area contributed by atoms with Gasteiger partial charge in [-0.15, -0.1) is 0 Å². The fourth-order valence-electron chi connectivity index (χ4n) is 2.18. The molecule has 0 aliphatic heterocycles. The summed E-state index contributed by atoms with van der Waals surface area (Å²) in [6.07, 6.45) is -0.0862. The van der Waals surface area contributed by atoms with Crippen LogP contribution in [0.2, 0.25) is 0 Å². The van der Waals surface area contributed by atoms with Crippen molar-refractivity contribution in [2.45, 2.75) is 20.3 Å². The van der Waals surface area contributed by atoms with Crippen LogP contribution >= 0.6 is 0 Å². The Hall–Kier alpha value is -3.43. The van der Waals surface area contributed by atoms with Crippen molar-refractivity contribution in [1.29, 1.82) is 0 Å².